The van der Waals surface area contributed by atoms with Crippen molar-refractivity contribution in [3.05, 3.63) is 151 Å². The van der Waals surface area contributed by atoms with Gasteiger partial charge in [-0.2, -0.15) is 0 Å². The van der Waals surface area contributed by atoms with Gasteiger partial charge < -0.3 is 4.57 Å². The lowest BCUT2D eigenvalue weighted by molar-refractivity contribution is 1.06. The van der Waals surface area contributed by atoms with Crippen LogP contribution < -0.4 is 0 Å². The summed E-state index contributed by atoms with van der Waals surface area (Å²) in [6, 6.07) is 31.7. The van der Waals surface area contributed by atoms with Crippen molar-refractivity contribution in [2.24, 2.45) is 0 Å². The lowest BCUT2D eigenvalue weighted by Gasteiger charge is -2.09. The van der Waals surface area contributed by atoms with E-state index in [1.165, 1.54) is 11.1 Å². The van der Waals surface area contributed by atoms with Crippen molar-refractivity contribution in [2.45, 2.75) is 12.8 Å². The summed E-state index contributed by atoms with van der Waals surface area (Å²) in [6.45, 7) is 0. The Balaban J connectivity index is 1.08. The monoisotopic (exact) mass is 503 g/mol. The molecule has 0 radical (unpaired) electrons. The molecule has 2 aromatic carbocycles. The highest BCUT2D eigenvalue weighted by Crippen LogP contribution is 2.31. The van der Waals surface area contributed by atoms with E-state index in [1.54, 1.807) is 0 Å². The number of benzene rings is 2. The molecule has 0 unspecified atom stereocenters. The Morgan fingerprint density at radius 3 is 1.54 bits per heavy atom. The van der Waals surface area contributed by atoms with Crippen LogP contribution in [0.25, 0.3) is 38.6 Å². The minimum Gasteiger partial charge on any atom is -0.309 e. The van der Waals surface area contributed by atoms with Crippen LogP contribution in [0.3, 0.4) is 0 Å². The van der Waals surface area contributed by atoms with Crippen molar-refractivity contribution in [1.29, 1.82) is 0 Å². The largest absolute Gasteiger partial charge is 0.309 e. The predicted molar refractivity (Wildman–Crippen MR) is 156 cm³/mol. The second-order valence-electron chi connectivity index (χ2n) is 9.70. The van der Waals surface area contributed by atoms with E-state index < -0.39 is 0 Å². The van der Waals surface area contributed by atoms with Gasteiger partial charge in [0, 0.05) is 89.0 Å². The zero-order valence-corrected chi connectivity index (χ0v) is 21.3. The lowest BCUT2D eigenvalue weighted by atomic mass is 10.1. The summed E-state index contributed by atoms with van der Waals surface area (Å²) in [6.07, 6.45) is 13.0. The molecule has 7 rings (SSSR count). The van der Waals surface area contributed by atoms with E-state index in [9.17, 15) is 0 Å². The average molecular weight is 504 g/mol. The third-order valence-electron chi connectivity index (χ3n) is 7.16. The van der Waals surface area contributed by atoms with E-state index in [-0.39, 0.29) is 0 Å². The Morgan fingerprint density at radius 1 is 0.487 bits per heavy atom. The summed E-state index contributed by atoms with van der Waals surface area (Å²) in [5, 5.41) is 2.21. The van der Waals surface area contributed by atoms with Gasteiger partial charge in [0.15, 0.2) is 0 Å². The zero-order valence-electron chi connectivity index (χ0n) is 21.3. The van der Waals surface area contributed by atoms with Crippen LogP contribution in [-0.2, 0) is 12.8 Å². The highest BCUT2D eigenvalue weighted by molar-refractivity contribution is 6.08. The fourth-order valence-corrected chi connectivity index (χ4v) is 5.16. The Morgan fingerprint density at radius 2 is 1.03 bits per heavy atom. The third kappa shape index (κ3) is 4.55. The van der Waals surface area contributed by atoms with Gasteiger partial charge in [-0.1, -0.05) is 54.6 Å². The molecular weight excluding hydrogens is 478 g/mol. The molecule has 0 fully saturated rings. The van der Waals surface area contributed by atoms with Gasteiger partial charge in [0.2, 0.25) is 0 Å². The normalized spacial score (nSPS) is 11.3. The Hall–Kier alpha value is -5.16. The fraction of sp³-hybridized carbons (Fsp3) is 0.0588. The van der Waals surface area contributed by atoms with Crippen LogP contribution in [-0.4, -0.2) is 24.5 Å². The number of fused-ring (bicyclic) bond motifs is 3. The molecule has 186 valence electrons. The van der Waals surface area contributed by atoms with Crippen LogP contribution in [0.4, 0.5) is 0 Å². The van der Waals surface area contributed by atoms with Gasteiger partial charge in [-0.15, -0.1) is 0 Å². The summed E-state index contributed by atoms with van der Waals surface area (Å²) < 4.78 is 2.27. The SMILES string of the molecule is c1ccc(Cc2ccc(-c3ccc(Cc4ccc(-n5c6ccncc6c6cnccc65)cc4)nc3)cn2)cc1. The topological polar surface area (TPSA) is 56.5 Å². The molecular formula is C34H25N5. The predicted octanol–water partition coefficient (Wildman–Crippen LogP) is 7.21. The molecule has 5 heterocycles. The molecule has 39 heavy (non-hydrogen) atoms. The quantitative estimate of drug-likeness (QED) is 0.241. The maximum atomic E-state index is 4.75. The number of pyridine rings is 4. The average Bonchev–Trinajstić information content (AvgIpc) is 3.34. The van der Waals surface area contributed by atoms with Crippen molar-refractivity contribution >= 4 is 21.8 Å². The standard InChI is InChI=1S/C34H25N5/c1-2-4-24(5-3-1)18-28-10-8-26(20-37-28)27-9-11-29(38-21-27)19-25-6-12-30(13-7-25)39-33-14-16-35-22-31(33)32-23-36-17-15-34(32)39/h1-17,20-23H,18-19H2. The summed E-state index contributed by atoms with van der Waals surface area (Å²) in [4.78, 5) is 18.1. The van der Waals surface area contributed by atoms with Gasteiger partial charge in [-0.05, 0) is 47.5 Å². The van der Waals surface area contributed by atoms with E-state index in [1.807, 2.05) is 43.2 Å². The van der Waals surface area contributed by atoms with Crippen molar-refractivity contribution in [2.75, 3.05) is 0 Å². The first kappa shape index (κ1) is 23.0. The van der Waals surface area contributed by atoms with E-state index in [0.29, 0.717) is 0 Å². The van der Waals surface area contributed by atoms with E-state index >= 15 is 0 Å². The second kappa shape index (κ2) is 9.95. The summed E-state index contributed by atoms with van der Waals surface area (Å²) in [5.74, 6) is 0. The van der Waals surface area contributed by atoms with E-state index in [0.717, 1.165) is 62.8 Å². The van der Waals surface area contributed by atoms with Gasteiger partial charge in [-0.25, -0.2) is 0 Å². The molecule has 0 bridgehead atoms. The maximum Gasteiger partial charge on any atom is 0.0572 e. The molecule has 0 amide bonds. The first-order chi connectivity index (χ1) is 19.3. The second-order valence-corrected chi connectivity index (χ2v) is 9.70. The summed E-state index contributed by atoms with van der Waals surface area (Å²) >= 11 is 0. The van der Waals surface area contributed by atoms with Crippen LogP contribution in [0.5, 0.6) is 0 Å². The van der Waals surface area contributed by atoms with Crippen LogP contribution in [0.15, 0.2) is 128 Å². The first-order valence-corrected chi connectivity index (χ1v) is 13.0. The van der Waals surface area contributed by atoms with Crippen molar-refractivity contribution in [3.63, 3.8) is 0 Å². The smallest absolute Gasteiger partial charge is 0.0572 e. The summed E-state index contributed by atoms with van der Waals surface area (Å²) in [5.41, 5.74) is 10.1. The number of nitrogens with zero attached hydrogens (tertiary/aromatic N) is 5. The van der Waals surface area contributed by atoms with Crippen molar-refractivity contribution < 1.29 is 0 Å². The zero-order chi connectivity index (χ0) is 26.0. The lowest BCUT2D eigenvalue weighted by Crippen LogP contribution is -1.96. The summed E-state index contributed by atoms with van der Waals surface area (Å²) in [7, 11) is 0. The highest BCUT2D eigenvalue weighted by Gasteiger charge is 2.12. The molecule has 0 saturated carbocycles. The van der Waals surface area contributed by atoms with Gasteiger partial charge in [0.25, 0.3) is 0 Å². The number of hydrogen-bond donors (Lipinski definition) is 0. The Kier molecular flexibility index (Phi) is 5.87. The van der Waals surface area contributed by atoms with Gasteiger partial charge in [-0.3, -0.25) is 19.9 Å². The van der Waals surface area contributed by atoms with Gasteiger partial charge >= 0.3 is 0 Å². The number of aromatic nitrogens is 5. The molecule has 5 nitrogen and oxygen atoms in total. The first-order valence-electron chi connectivity index (χ1n) is 13.0. The molecule has 5 aromatic heterocycles. The van der Waals surface area contributed by atoms with Crippen molar-refractivity contribution in [1.82, 2.24) is 24.5 Å². The molecule has 0 aliphatic heterocycles. The van der Waals surface area contributed by atoms with Crippen LogP contribution in [0.2, 0.25) is 0 Å². The van der Waals surface area contributed by atoms with Gasteiger partial charge in [0.05, 0.1) is 11.0 Å². The maximum absolute atomic E-state index is 4.75. The third-order valence-corrected chi connectivity index (χ3v) is 7.16. The molecule has 0 atom stereocenters. The van der Waals surface area contributed by atoms with Gasteiger partial charge in [0.1, 0.15) is 0 Å². The fourth-order valence-electron chi connectivity index (χ4n) is 5.16. The van der Waals surface area contributed by atoms with Crippen LogP contribution >= 0.6 is 0 Å². The Bertz CT molecular complexity index is 1820. The van der Waals surface area contributed by atoms with Crippen LogP contribution in [0, 0.1) is 0 Å². The molecule has 0 N–H and O–H groups in total. The van der Waals surface area contributed by atoms with E-state index in [4.69, 9.17) is 4.98 Å². The molecule has 0 saturated heterocycles. The Labute approximate surface area is 226 Å². The van der Waals surface area contributed by atoms with Crippen LogP contribution in [0.1, 0.15) is 22.5 Å². The molecule has 0 aliphatic rings. The highest BCUT2D eigenvalue weighted by atomic mass is 15.0. The number of rotatable bonds is 6. The number of hydrogen-bond acceptors (Lipinski definition) is 4. The minimum atomic E-state index is 0.774. The minimum absolute atomic E-state index is 0.774. The molecule has 0 aliphatic carbocycles. The van der Waals surface area contributed by atoms with Crippen molar-refractivity contribution in [3.8, 4) is 16.8 Å². The molecule has 7 aromatic rings. The molecule has 5 heteroatoms. The van der Waals surface area contributed by atoms with E-state index in [2.05, 4.69) is 104 Å². The molecule has 0 spiro atoms.